The Morgan fingerprint density at radius 1 is 1.12 bits per heavy atom. The molecule has 5 rings (SSSR count). The second-order valence-electron chi connectivity index (χ2n) is 10.0. The average Bonchev–Trinajstić information content (AvgIpc) is 3.07. The summed E-state index contributed by atoms with van der Waals surface area (Å²) in [5.41, 5.74) is 0.760. The van der Waals surface area contributed by atoms with Crippen LogP contribution in [0.4, 0.5) is 10.1 Å². The maximum absolute atomic E-state index is 14.5. The van der Waals surface area contributed by atoms with Crippen LogP contribution in [0.5, 0.6) is 0 Å². The molecule has 1 aromatic carbocycles. The molecule has 3 aliphatic rings. The van der Waals surface area contributed by atoms with Crippen molar-refractivity contribution in [2.45, 2.75) is 70.3 Å². The van der Waals surface area contributed by atoms with Crippen LogP contribution in [0, 0.1) is 33.9 Å². The van der Waals surface area contributed by atoms with Gasteiger partial charge >= 0.3 is 0 Å². The van der Waals surface area contributed by atoms with Crippen LogP contribution in [-0.2, 0) is 22.0 Å². The van der Waals surface area contributed by atoms with Gasteiger partial charge < -0.3 is 4.90 Å². The van der Waals surface area contributed by atoms with Gasteiger partial charge in [-0.1, -0.05) is 20.8 Å². The number of carbonyl (C=O) groups is 1. The van der Waals surface area contributed by atoms with Crippen LogP contribution in [0.15, 0.2) is 18.2 Å². The highest BCUT2D eigenvalue weighted by atomic mass is 19.1. The Morgan fingerprint density at radius 2 is 1.78 bits per heavy atom. The Morgan fingerprint density at radius 3 is 2.44 bits per heavy atom. The molecule has 2 heterocycles. The Balaban J connectivity index is 1.76. The summed E-state index contributed by atoms with van der Waals surface area (Å²) in [6, 6.07) is 8.51. The van der Waals surface area contributed by atoms with Crippen LogP contribution in [0.1, 0.15) is 75.3 Å². The molecule has 1 aliphatic heterocycles. The number of aryl methyl sites for hydroxylation is 1. The van der Waals surface area contributed by atoms with E-state index >= 15 is 0 Å². The molecule has 0 radical (unpaired) electrons. The number of nitrogens with zero attached hydrogens (tertiary/aromatic N) is 5. The van der Waals surface area contributed by atoms with Crippen LogP contribution in [0.2, 0.25) is 0 Å². The van der Waals surface area contributed by atoms with Crippen molar-refractivity contribution in [1.29, 1.82) is 10.5 Å². The van der Waals surface area contributed by atoms with Crippen molar-refractivity contribution in [3.63, 3.8) is 0 Å². The van der Waals surface area contributed by atoms with Gasteiger partial charge in [-0.05, 0) is 61.8 Å². The number of amides is 1. The van der Waals surface area contributed by atoms with Gasteiger partial charge in [0.25, 0.3) is 0 Å². The molecule has 1 amide bonds. The number of benzene rings is 1. The molecule has 2 bridgehead atoms. The van der Waals surface area contributed by atoms with Gasteiger partial charge in [0.15, 0.2) is 11.4 Å². The van der Waals surface area contributed by atoms with Crippen LogP contribution in [-0.4, -0.2) is 21.9 Å². The summed E-state index contributed by atoms with van der Waals surface area (Å²) in [4.78, 5) is 25.5. The van der Waals surface area contributed by atoms with Crippen LogP contribution >= 0.6 is 0 Å². The first-order valence-corrected chi connectivity index (χ1v) is 11.0. The Bertz CT molecular complexity index is 1270. The number of hydrogen-bond acceptors (Lipinski definition) is 5. The number of fused-ring (bicyclic) bond motifs is 6. The monoisotopic (exact) mass is 429 g/mol. The minimum absolute atomic E-state index is 0.00517. The van der Waals surface area contributed by atoms with E-state index in [0.717, 1.165) is 24.1 Å². The second kappa shape index (κ2) is 6.36. The highest BCUT2D eigenvalue weighted by Crippen LogP contribution is 2.70. The van der Waals surface area contributed by atoms with E-state index in [2.05, 4.69) is 30.7 Å². The fourth-order valence-electron chi connectivity index (χ4n) is 6.35. The first kappa shape index (κ1) is 20.6. The lowest BCUT2D eigenvalue weighted by Crippen LogP contribution is -2.56. The summed E-state index contributed by atoms with van der Waals surface area (Å²) in [5.74, 6) is -0.384. The molecule has 2 aliphatic carbocycles. The summed E-state index contributed by atoms with van der Waals surface area (Å²) in [5, 5.41) is 19.1. The number of carbonyl (C=O) groups excluding carboxylic acids is 1. The van der Waals surface area contributed by atoms with E-state index in [9.17, 15) is 19.7 Å². The lowest BCUT2D eigenvalue weighted by atomic mass is 9.63. The van der Waals surface area contributed by atoms with Gasteiger partial charge in [-0.3, -0.25) is 4.79 Å². The number of anilines is 1. The molecule has 162 valence electrons. The second-order valence-corrected chi connectivity index (χ2v) is 10.0. The van der Waals surface area contributed by atoms with Gasteiger partial charge in [-0.15, -0.1) is 0 Å². The standard InChI is InChI=1S/C25H24FN5O/c1-14-5-6-15-11-16(26)7-8-19(15)31(14)22(32)25-10-9-24(4,23(25,2)3)20-21(25)30-18(13-28)17(12-27)29-20/h7-8,11,14H,5-6,9-10H2,1-4H3. The molecule has 1 fully saturated rings. The Hall–Kier alpha value is -3.32. The molecule has 0 saturated heterocycles. The Labute approximate surface area is 186 Å². The quantitative estimate of drug-likeness (QED) is 0.682. The van der Waals surface area contributed by atoms with Crippen molar-refractivity contribution in [2.24, 2.45) is 5.41 Å². The van der Waals surface area contributed by atoms with Gasteiger partial charge in [-0.2, -0.15) is 10.5 Å². The van der Waals surface area contributed by atoms with Gasteiger partial charge in [0.05, 0.1) is 16.8 Å². The van der Waals surface area contributed by atoms with E-state index in [1.165, 1.54) is 12.1 Å². The zero-order chi connectivity index (χ0) is 23.1. The number of halogens is 1. The molecule has 0 spiro atoms. The number of rotatable bonds is 1. The highest BCUT2D eigenvalue weighted by molar-refractivity contribution is 6.04. The zero-order valence-electron chi connectivity index (χ0n) is 18.7. The third-order valence-electron chi connectivity index (χ3n) is 8.64. The fourth-order valence-corrected chi connectivity index (χ4v) is 6.35. The van der Waals surface area contributed by atoms with Gasteiger partial charge in [0.1, 0.15) is 18.0 Å². The summed E-state index contributed by atoms with van der Waals surface area (Å²) < 4.78 is 13.9. The molecule has 7 heteroatoms. The van der Waals surface area contributed by atoms with E-state index in [-0.39, 0.29) is 29.2 Å². The molecule has 32 heavy (non-hydrogen) atoms. The molecule has 3 atom stereocenters. The van der Waals surface area contributed by atoms with Crippen molar-refractivity contribution < 1.29 is 9.18 Å². The average molecular weight is 429 g/mol. The van der Waals surface area contributed by atoms with E-state index in [1.54, 1.807) is 6.07 Å². The van der Waals surface area contributed by atoms with Crippen LogP contribution in [0.25, 0.3) is 0 Å². The van der Waals surface area contributed by atoms with Crippen molar-refractivity contribution in [1.82, 2.24) is 9.97 Å². The van der Waals surface area contributed by atoms with Gasteiger partial charge in [0.2, 0.25) is 5.91 Å². The molecule has 3 unspecified atom stereocenters. The summed E-state index contributed by atoms with van der Waals surface area (Å²) in [6.45, 7) is 8.24. The molecular formula is C25H24FN5O. The lowest BCUT2D eigenvalue weighted by Gasteiger charge is -2.45. The SMILES string of the molecule is CC1CCc2cc(F)ccc2N1C(=O)C12CCC(C)(c3nc(C#N)c(C#N)nc31)C2(C)C. The zero-order valence-corrected chi connectivity index (χ0v) is 18.7. The van der Waals surface area contributed by atoms with Crippen molar-refractivity contribution >= 4 is 11.6 Å². The maximum Gasteiger partial charge on any atom is 0.240 e. The predicted molar refractivity (Wildman–Crippen MR) is 115 cm³/mol. The molecule has 2 aromatic rings. The van der Waals surface area contributed by atoms with E-state index in [0.29, 0.717) is 24.2 Å². The van der Waals surface area contributed by atoms with Crippen LogP contribution < -0.4 is 4.90 Å². The third-order valence-corrected chi connectivity index (χ3v) is 8.64. The number of nitriles is 2. The molecule has 0 N–H and O–H groups in total. The van der Waals surface area contributed by atoms with Crippen molar-refractivity contribution in [3.8, 4) is 12.1 Å². The number of aromatic nitrogens is 2. The van der Waals surface area contributed by atoms with E-state index in [1.807, 2.05) is 24.0 Å². The van der Waals surface area contributed by atoms with Crippen molar-refractivity contribution in [3.05, 3.63) is 52.4 Å². The van der Waals surface area contributed by atoms with Gasteiger partial charge in [-0.25, -0.2) is 14.4 Å². The first-order chi connectivity index (χ1) is 15.1. The van der Waals surface area contributed by atoms with Crippen molar-refractivity contribution in [2.75, 3.05) is 4.90 Å². The fraction of sp³-hybridized carbons (Fsp3) is 0.480. The number of hydrogen-bond donors (Lipinski definition) is 0. The third kappa shape index (κ3) is 2.19. The minimum atomic E-state index is -0.971. The largest absolute Gasteiger partial charge is 0.309 e. The summed E-state index contributed by atoms with van der Waals surface area (Å²) in [6.07, 6.45) is 2.79. The van der Waals surface area contributed by atoms with E-state index < -0.39 is 16.2 Å². The topological polar surface area (TPSA) is 93.7 Å². The van der Waals surface area contributed by atoms with Crippen LogP contribution in [0.3, 0.4) is 0 Å². The smallest absolute Gasteiger partial charge is 0.240 e. The normalized spacial score (nSPS) is 29.1. The molecule has 1 saturated carbocycles. The summed E-state index contributed by atoms with van der Waals surface area (Å²) in [7, 11) is 0. The van der Waals surface area contributed by atoms with E-state index in [4.69, 9.17) is 0 Å². The highest BCUT2D eigenvalue weighted by Gasteiger charge is 2.74. The Kier molecular flexibility index (Phi) is 4.09. The molecule has 1 aromatic heterocycles. The minimum Gasteiger partial charge on any atom is -0.309 e. The van der Waals surface area contributed by atoms with Gasteiger partial charge in [0, 0.05) is 17.1 Å². The molecule has 6 nitrogen and oxygen atoms in total. The first-order valence-electron chi connectivity index (χ1n) is 11.0. The molecular weight excluding hydrogens is 405 g/mol. The lowest BCUT2D eigenvalue weighted by molar-refractivity contribution is -0.128. The maximum atomic E-state index is 14.5. The predicted octanol–water partition coefficient (Wildman–Crippen LogP) is 4.06. The summed E-state index contributed by atoms with van der Waals surface area (Å²) >= 11 is 0.